The molecule has 118 valence electrons. The van der Waals surface area contributed by atoms with Crippen molar-refractivity contribution in [3.63, 3.8) is 0 Å². The molecule has 1 aliphatic rings. The van der Waals surface area contributed by atoms with Crippen LogP contribution in [0.4, 0.5) is 0 Å². The molecule has 0 aliphatic heterocycles. The van der Waals surface area contributed by atoms with Gasteiger partial charge in [0.2, 0.25) is 0 Å². The molecule has 21 heavy (non-hydrogen) atoms. The Labute approximate surface area is 146 Å². The van der Waals surface area contributed by atoms with Crippen LogP contribution in [0.3, 0.4) is 0 Å². The van der Waals surface area contributed by atoms with E-state index in [-0.39, 0.29) is 24.0 Å². The molecule has 1 aromatic carbocycles. The Balaban J connectivity index is 0.00000220. The molecule has 0 heterocycles. The first kappa shape index (κ1) is 18.3. The number of nitrogens with zero attached hydrogens (tertiary/aromatic N) is 1. The van der Waals surface area contributed by atoms with Gasteiger partial charge < -0.3 is 10.6 Å². The van der Waals surface area contributed by atoms with E-state index in [1.165, 1.54) is 18.4 Å². The molecule has 3 nitrogen and oxygen atoms in total. The molecule has 0 spiro atoms. The Hall–Kier alpha value is -0.780. The van der Waals surface area contributed by atoms with Crippen LogP contribution in [0.15, 0.2) is 35.3 Å². The summed E-state index contributed by atoms with van der Waals surface area (Å²) in [7, 11) is 0. The van der Waals surface area contributed by atoms with Crippen molar-refractivity contribution >= 4 is 29.9 Å². The fourth-order valence-corrected chi connectivity index (χ4v) is 2.37. The fourth-order valence-electron chi connectivity index (χ4n) is 2.37. The van der Waals surface area contributed by atoms with Gasteiger partial charge in [0.1, 0.15) is 0 Å². The number of guanidine groups is 1. The zero-order chi connectivity index (χ0) is 14.4. The van der Waals surface area contributed by atoms with Crippen LogP contribution in [0, 0.1) is 0 Å². The molecular weight excluding hydrogens is 373 g/mol. The van der Waals surface area contributed by atoms with Crippen molar-refractivity contribution in [2.24, 2.45) is 4.99 Å². The quantitative estimate of drug-likeness (QED) is 0.433. The molecule has 0 aromatic heterocycles. The maximum absolute atomic E-state index is 4.81. The number of hydrogen-bond acceptors (Lipinski definition) is 1. The first-order valence-corrected chi connectivity index (χ1v) is 7.80. The summed E-state index contributed by atoms with van der Waals surface area (Å²) in [6.07, 6.45) is 3.61. The van der Waals surface area contributed by atoms with Gasteiger partial charge in [0.05, 0.1) is 6.54 Å². The summed E-state index contributed by atoms with van der Waals surface area (Å²) in [5.74, 6) is 0.948. The smallest absolute Gasteiger partial charge is 0.191 e. The van der Waals surface area contributed by atoms with E-state index in [1.54, 1.807) is 0 Å². The standard InChI is InChI=1S/C17H27N3.HI/c1-4-14(3)20-16(18-5-2)19-13-17(11-12-17)15-9-7-6-8-10-15;/h6-10,14H,4-5,11-13H2,1-3H3,(H2,18,19,20);1H. The van der Waals surface area contributed by atoms with Crippen molar-refractivity contribution in [1.82, 2.24) is 10.6 Å². The van der Waals surface area contributed by atoms with Gasteiger partial charge in [0.15, 0.2) is 5.96 Å². The molecule has 0 radical (unpaired) electrons. The van der Waals surface area contributed by atoms with Gasteiger partial charge in [-0.05, 0) is 38.7 Å². The lowest BCUT2D eigenvalue weighted by Gasteiger charge is -2.18. The SMILES string of the molecule is CCNC(=NCC1(c2ccccc2)CC1)NC(C)CC.I. The molecule has 0 bridgehead atoms. The summed E-state index contributed by atoms with van der Waals surface area (Å²) in [4.78, 5) is 4.81. The minimum atomic E-state index is 0. The van der Waals surface area contributed by atoms with Crippen LogP contribution in [0.2, 0.25) is 0 Å². The van der Waals surface area contributed by atoms with Crippen molar-refractivity contribution in [2.75, 3.05) is 13.1 Å². The van der Waals surface area contributed by atoms with Gasteiger partial charge in [-0.25, -0.2) is 0 Å². The monoisotopic (exact) mass is 401 g/mol. The summed E-state index contributed by atoms with van der Waals surface area (Å²) >= 11 is 0. The van der Waals surface area contributed by atoms with Gasteiger partial charge in [-0.3, -0.25) is 4.99 Å². The second kappa shape index (κ2) is 8.61. The Bertz CT molecular complexity index is 441. The van der Waals surface area contributed by atoms with Gasteiger partial charge >= 0.3 is 0 Å². The third kappa shape index (κ3) is 5.16. The minimum absolute atomic E-state index is 0. The largest absolute Gasteiger partial charge is 0.357 e. The van der Waals surface area contributed by atoms with Crippen LogP contribution < -0.4 is 10.6 Å². The number of aliphatic imine (C=N–C) groups is 1. The van der Waals surface area contributed by atoms with Crippen molar-refractivity contribution in [3.8, 4) is 0 Å². The maximum Gasteiger partial charge on any atom is 0.191 e. The van der Waals surface area contributed by atoms with Gasteiger partial charge in [-0.1, -0.05) is 37.3 Å². The number of rotatable bonds is 6. The van der Waals surface area contributed by atoms with Crippen molar-refractivity contribution in [3.05, 3.63) is 35.9 Å². The van der Waals surface area contributed by atoms with E-state index in [4.69, 9.17) is 4.99 Å². The van der Waals surface area contributed by atoms with Gasteiger partial charge in [0.25, 0.3) is 0 Å². The summed E-state index contributed by atoms with van der Waals surface area (Å²) in [5.41, 5.74) is 1.72. The van der Waals surface area contributed by atoms with Crippen LogP contribution >= 0.6 is 24.0 Å². The summed E-state index contributed by atoms with van der Waals surface area (Å²) in [6, 6.07) is 11.3. The zero-order valence-corrected chi connectivity index (χ0v) is 15.7. The molecule has 1 fully saturated rings. The van der Waals surface area contributed by atoms with Gasteiger partial charge in [-0.15, -0.1) is 24.0 Å². The second-order valence-electron chi connectivity index (χ2n) is 5.80. The van der Waals surface area contributed by atoms with Crippen molar-refractivity contribution in [2.45, 2.75) is 51.5 Å². The van der Waals surface area contributed by atoms with E-state index < -0.39 is 0 Å². The Morgan fingerprint density at radius 2 is 1.90 bits per heavy atom. The molecule has 1 unspecified atom stereocenters. The molecule has 4 heteroatoms. The second-order valence-corrected chi connectivity index (χ2v) is 5.80. The van der Waals surface area contributed by atoms with E-state index in [2.05, 4.69) is 61.7 Å². The Kier molecular flexibility index (Phi) is 7.49. The van der Waals surface area contributed by atoms with Crippen LogP contribution in [0.1, 0.15) is 45.6 Å². The highest BCUT2D eigenvalue weighted by atomic mass is 127. The number of nitrogens with one attached hydrogen (secondary N) is 2. The number of halogens is 1. The summed E-state index contributed by atoms with van der Waals surface area (Å²) < 4.78 is 0. The third-order valence-electron chi connectivity index (χ3n) is 4.12. The molecule has 1 aliphatic carbocycles. The first-order valence-electron chi connectivity index (χ1n) is 7.80. The lowest BCUT2D eigenvalue weighted by atomic mass is 9.96. The van der Waals surface area contributed by atoms with Crippen LogP contribution in [0.5, 0.6) is 0 Å². The fraction of sp³-hybridized carbons (Fsp3) is 0.588. The third-order valence-corrected chi connectivity index (χ3v) is 4.12. The van der Waals surface area contributed by atoms with Crippen LogP contribution in [-0.4, -0.2) is 25.1 Å². The minimum Gasteiger partial charge on any atom is -0.357 e. The summed E-state index contributed by atoms with van der Waals surface area (Å²) in [6.45, 7) is 8.27. The molecule has 0 amide bonds. The molecule has 1 aromatic rings. The van der Waals surface area contributed by atoms with Crippen molar-refractivity contribution < 1.29 is 0 Å². The highest BCUT2D eigenvalue weighted by Gasteiger charge is 2.43. The van der Waals surface area contributed by atoms with E-state index >= 15 is 0 Å². The number of hydrogen-bond donors (Lipinski definition) is 2. The highest BCUT2D eigenvalue weighted by molar-refractivity contribution is 14.0. The molecule has 1 atom stereocenters. The summed E-state index contributed by atoms with van der Waals surface area (Å²) in [5, 5.41) is 6.80. The van der Waals surface area contributed by atoms with E-state index in [0.717, 1.165) is 25.5 Å². The molecule has 2 rings (SSSR count). The molecular formula is C17H28IN3. The lowest BCUT2D eigenvalue weighted by molar-refractivity contribution is 0.618. The van der Waals surface area contributed by atoms with Crippen LogP contribution in [-0.2, 0) is 5.41 Å². The topological polar surface area (TPSA) is 36.4 Å². The highest BCUT2D eigenvalue weighted by Crippen LogP contribution is 2.48. The molecule has 2 N–H and O–H groups in total. The van der Waals surface area contributed by atoms with Gasteiger partial charge in [-0.2, -0.15) is 0 Å². The molecule has 0 saturated heterocycles. The zero-order valence-electron chi connectivity index (χ0n) is 13.4. The van der Waals surface area contributed by atoms with Crippen LogP contribution in [0.25, 0.3) is 0 Å². The first-order chi connectivity index (χ1) is 9.70. The predicted octanol–water partition coefficient (Wildman–Crippen LogP) is 3.69. The number of benzene rings is 1. The average molecular weight is 401 g/mol. The maximum atomic E-state index is 4.81. The Morgan fingerprint density at radius 3 is 2.43 bits per heavy atom. The lowest BCUT2D eigenvalue weighted by Crippen LogP contribution is -2.42. The van der Waals surface area contributed by atoms with E-state index in [0.29, 0.717) is 11.5 Å². The predicted molar refractivity (Wildman–Crippen MR) is 102 cm³/mol. The van der Waals surface area contributed by atoms with Gasteiger partial charge in [0, 0.05) is 18.0 Å². The van der Waals surface area contributed by atoms with E-state index in [9.17, 15) is 0 Å². The Morgan fingerprint density at radius 1 is 1.24 bits per heavy atom. The normalized spacial score (nSPS) is 17.6. The van der Waals surface area contributed by atoms with Crippen molar-refractivity contribution in [1.29, 1.82) is 0 Å². The average Bonchev–Trinajstić information content (AvgIpc) is 3.27. The molecule has 1 saturated carbocycles. The van der Waals surface area contributed by atoms with E-state index in [1.807, 2.05) is 0 Å².